The van der Waals surface area contributed by atoms with Crippen molar-refractivity contribution < 1.29 is 27.6 Å². The summed E-state index contributed by atoms with van der Waals surface area (Å²) in [4.78, 5) is 58.0. The maximum absolute atomic E-state index is 13.3. The van der Waals surface area contributed by atoms with Crippen LogP contribution in [0.2, 0.25) is 0 Å². The van der Waals surface area contributed by atoms with Crippen molar-refractivity contribution in [3.8, 4) is 0 Å². The highest BCUT2D eigenvalue weighted by Gasteiger charge is 2.30. The van der Waals surface area contributed by atoms with Gasteiger partial charge in [0.2, 0.25) is 17.7 Å². The molecule has 1 aromatic heterocycles. The Labute approximate surface area is 227 Å². The highest BCUT2D eigenvalue weighted by molar-refractivity contribution is 5.83. The number of amides is 3. The Morgan fingerprint density at radius 2 is 1.68 bits per heavy atom. The zero-order valence-electron chi connectivity index (χ0n) is 22.0. The van der Waals surface area contributed by atoms with Crippen molar-refractivity contribution in [3.63, 3.8) is 0 Å². The van der Waals surface area contributed by atoms with Gasteiger partial charge < -0.3 is 20.4 Å². The zero-order valence-corrected chi connectivity index (χ0v) is 22.0. The maximum Gasteiger partial charge on any atom is 0.416 e. The second kappa shape index (κ2) is 11.8. The topological polar surface area (TPSA) is 117 Å². The monoisotopic (exact) mass is 558 g/mol. The van der Waals surface area contributed by atoms with E-state index >= 15 is 0 Å². The van der Waals surface area contributed by atoms with E-state index in [-0.39, 0.29) is 12.3 Å². The van der Waals surface area contributed by atoms with Crippen LogP contribution in [0.1, 0.15) is 30.5 Å². The van der Waals surface area contributed by atoms with Gasteiger partial charge in [-0.05, 0) is 35.9 Å². The molecule has 0 radical (unpaired) electrons. The number of hydrogen-bond donors (Lipinski definition) is 2. The molecule has 0 spiro atoms. The summed E-state index contributed by atoms with van der Waals surface area (Å²) in [6.07, 6.45) is -3.48. The third kappa shape index (κ3) is 6.58. The fourth-order valence-corrected chi connectivity index (χ4v) is 4.57. The standard InChI is InChI=1S/C27H29F3N6O4/c1-17(37)34-9-11-35(12-10-34)20-7-8-22-21(13-20)26(40)36(16-32-22)15-25(39)33-23(14-24(38)31-2)18-3-5-19(6-4-18)27(28,29)30/h3-8,13,16,23H,9-12,14-15H2,1-2H3,(H,31,38)(H,33,39). The molecule has 2 heterocycles. The third-order valence-electron chi connectivity index (χ3n) is 6.86. The molecule has 40 heavy (non-hydrogen) atoms. The summed E-state index contributed by atoms with van der Waals surface area (Å²) in [7, 11) is 1.41. The summed E-state index contributed by atoms with van der Waals surface area (Å²) in [6, 6.07) is 8.54. The van der Waals surface area contributed by atoms with Gasteiger partial charge in [0.05, 0.1) is 35.3 Å². The average Bonchev–Trinajstić information content (AvgIpc) is 2.93. The smallest absolute Gasteiger partial charge is 0.368 e. The van der Waals surface area contributed by atoms with E-state index < -0.39 is 41.7 Å². The minimum Gasteiger partial charge on any atom is -0.368 e. The molecule has 212 valence electrons. The molecule has 2 N–H and O–H groups in total. The quantitative estimate of drug-likeness (QED) is 0.459. The van der Waals surface area contributed by atoms with Crippen molar-refractivity contribution in [1.29, 1.82) is 0 Å². The first-order valence-corrected chi connectivity index (χ1v) is 12.6. The summed E-state index contributed by atoms with van der Waals surface area (Å²) >= 11 is 0. The van der Waals surface area contributed by atoms with Gasteiger partial charge in [0.25, 0.3) is 5.56 Å². The number of piperazine rings is 1. The summed E-state index contributed by atoms with van der Waals surface area (Å²) in [6.45, 7) is 3.48. The van der Waals surface area contributed by atoms with Gasteiger partial charge >= 0.3 is 6.18 Å². The minimum atomic E-state index is -4.52. The van der Waals surface area contributed by atoms with Crippen LogP contribution in [0.25, 0.3) is 10.9 Å². The van der Waals surface area contributed by atoms with E-state index in [1.165, 1.54) is 32.4 Å². The highest BCUT2D eigenvalue weighted by Crippen LogP contribution is 2.30. The van der Waals surface area contributed by atoms with Crippen LogP contribution in [0.15, 0.2) is 53.6 Å². The minimum absolute atomic E-state index is 0.0133. The number of fused-ring (bicyclic) bond motifs is 1. The molecule has 10 nitrogen and oxygen atoms in total. The Morgan fingerprint density at radius 1 is 1.00 bits per heavy atom. The van der Waals surface area contributed by atoms with Crippen LogP contribution in [0.3, 0.4) is 0 Å². The highest BCUT2D eigenvalue weighted by atomic mass is 19.4. The number of nitrogens with one attached hydrogen (secondary N) is 2. The molecular formula is C27H29F3N6O4. The Hall–Kier alpha value is -4.42. The first kappa shape index (κ1) is 28.6. The van der Waals surface area contributed by atoms with Gasteiger partial charge in [-0.2, -0.15) is 13.2 Å². The number of benzene rings is 2. The van der Waals surface area contributed by atoms with E-state index in [1.807, 2.05) is 6.07 Å². The molecule has 1 saturated heterocycles. The number of carbonyl (C=O) groups is 3. The van der Waals surface area contributed by atoms with Gasteiger partial charge in [0.15, 0.2) is 0 Å². The summed E-state index contributed by atoms with van der Waals surface area (Å²) in [5.41, 5.74) is 0.264. The number of alkyl halides is 3. The van der Waals surface area contributed by atoms with Crippen LogP contribution in [-0.2, 0) is 27.1 Å². The molecule has 3 aromatic rings. The average molecular weight is 559 g/mol. The van der Waals surface area contributed by atoms with Crippen LogP contribution in [0.5, 0.6) is 0 Å². The van der Waals surface area contributed by atoms with E-state index in [1.54, 1.807) is 17.0 Å². The van der Waals surface area contributed by atoms with E-state index in [0.717, 1.165) is 22.4 Å². The van der Waals surface area contributed by atoms with Gasteiger partial charge in [-0.15, -0.1) is 0 Å². The Kier molecular flexibility index (Phi) is 8.40. The third-order valence-corrected chi connectivity index (χ3v) is 6.86. The second-order valence-corrected chi connectivity index (χ2v) is 9.49. The van der Waals surface area contributed by atoms with E-state index in [0.29, 0.717) is 42.6 Å². The van der Waals surface area contributed by atoms with Gasteiger partial charge in [-0.3, -0.25) is 23.7 Å². The summed E-state index contributed by atoms with van der Waals surface area (Å²) in [5.74, 6) is -1.03. The van der Waals surface area contributed by atoms with E-state index in [9.17, 15) is 32.3 Å². The molecule has 1 unspecified atom stereocenters. The predicted molar refractivity (Wildman–Crippen MR) is 141 cm³/mol. The second-order valence-electron chi connectivity index (χ2n) is 9.49. The lowest BCUT2D eigenvalue weighted by molar-refractivity contribution is -0.137. The van der Waals surface area contributed by atoms with Gasteiger partial charge in [0.1, 0.15) is 6.54 Å². The number of hydrogen-bond acceptors (Lipinski definition) is 6. The zero-order chi connectivity index (χ0) is 29.0. The molecule has 0 saturated carbocycles. The molecule has 0 bridgehead atoms. The van der Waals surface area contributed by atoms with Crippen molar-refractivity contribution in [2.45, 2.75) is 32.1 Å². The summed E-state index contributed by atoms with van der Waals surface area (Å²) in [5, 5.41) is 5.39. The molecule has 1 atom stereocenters. The Balaban J connectivity index is 1.52. The number of aromatic nitrogens is 2. The lowest BCUT2D eigenvalue weighted by atomic mass is 10.0. The fourth-order valence-electron chi connectivity index (χ4n) is 4.57. The van der Waals surface area contributed by atoms with Crippen molar-refractivity contribution in [3.05, 3.63) is 70.3 Å². The molecule has 1 fully saturated rings. The summed E-state index contributed by atoms with van der Waals surface area (Å²) < 4.78 is 40.1. The van der Waals surface area contributed by atoms with Crippen LogP contribution in [0.4, 0.5) is 18.9 Å². The van der Waals surface area contributed by atoms with E-state index in [2.05, 4.69) is 20.5 Å². The fraction of sp³-hybridized carbons (Fsp3) is 0.370. The lowest BCUT2D eigenvalue weighted by Crippen LogP contribution is -2.48. The molecule has 1 aliphatic rings. The van der Waals surface area contributed by atoms with Crippen LogP contribution in [0, 0.1) is 0 Å². The van der Waals surface area contributed by atoms with Gasteiger partial charge in [-0.1, -0.05) is 12.1 Å². The Bertz CT molecular complexity index is 1460. The molecule has 13 heteroatoms. The maximum atomic E-state index is 13.3. The van der Waals surface area contributed by atoms with E-state index in [4.69, 9.17) is 0 Å². The van der Waals surface area contributed by atoms with Crippen molar-refractivity contribution in [2.75, 3.05) is 38.1 Å². The normalized spacial score (nSPS) is 14.6. The number of anilines is 1. The van der Waals surface area contributed by atoms with Crippen molar-refractivity contribution in [1.82, 2.24) is 25.1 Å². The van der Waals surface area contributed by atoms with Crippen molar-refractivity contribution >= 4 is 34.3 Å². The number of rotatable bonds is 7. The largest absolute Gasteiger partial charge is 0.416 e. The van der Waals surface area contributed by atoms with Crippen LogP contribution < -0.4 is 21.1 Å². The SMILES string of the molecule is CNC(=O)CC(NC(=O)Cn1cnc2ccc(N3CCN(C(C)=O)CC3)cc2c1=O)c1ccc(C(F)(F)F)cc1. The molecule has 3 amide bonds. The molecule has 2 aromatic carbocycles. The number of carbonyl (C=O) groups excluding carboxylic acids is 3. The first-order valence-electron chi connectivity index (χ1n) is 12.6. The molecule has 1 aliphatic heterocycles. The van der Waals surface area contributed by atoms with Crippen LogP contribution >= 0.6 is 0 Å². The number of halogens is 3. The molecule has 4 rings (SSSR count). The Morgan fingerprint density at radius 3 is 2.27 bits per heavy atom. The molecular weight excluding hydrogens is 529 g/mol. The van der Waals surface area contributed by atoms with Gasteiger partial charge in [-0.25, -0.2) is 4.98 Å². The van der Waals surface area contributed by atoms with Crippen LogP contribution in [-0.4, -0.2) is 65.4 Å². The predicted octanol–water partition coefficient (Wildman–Crippen LogP) is 2.08. The number of nitrogens with zero attached hydrogens (tertiary/aromatic N) is 4. The van der Waals surface area contributed by atoms with Gasteiger partial charge in [0, 0.05) is 45.8 Å². The lowest BCUT2D eigenvalue weighted by Gasteiger charge is -2.35. The van der Waals surface area contributed by atoms with Crippen molar-refractivity contribution in [2.24, 2.45) is 0 Å². The first-order chi connectivity index (χ1) is 19.0. The molecule has 0 aliphatic carbocycles.